The standard InChI is InChI=1S/C16H21NO/c1-4-6-15(5-2)17-10-9-14-11-13(12(3)18)7-8-16(14)17/h7-11,15H,4-6H2,1-3H3. The molecule has 2 aromatic rings. The summed E-state index contributed by atoms with van der Waals surface area (Å²) < 4.78 is 2.35. The predicted molar refractivity (Wildman–Crippen MR) is 76.2 cm³/mol. The van der Waals surface area contributed by atoms with Crippen molar-refractivity contribution in [2.24, 2.45) is 0 Å². The van der Waals surface area contributed by atoms with E-state index in [1.165, 1.54) is 18.4 Å². The van der Waals surface area contributed by atoms with E-state index < -0.39 is 0 Å². The third-order valence-corrected chi connectivity index (χ3v) is 3.61. The largest absolute Gasteiger partial charge is 0.344 e. The molecule has 0 saturated heterocycles. The molecule has 96 valence electrons. The van der Waals surface area contributed by atoms with E-state index in [1.54, 1.807) is 6.92 Å². The van der Waals surface area contributed by atoms with Crippen molar-refractivity contribution in [1.29, 1.82) is 0 Å². The lowest BCUT2D eigenvalue weighted by Crippen LogP contribution is -2.06. The second-order valence-corrected chi connectivity index (χ2v) is 4.90. The summed E-state index contributed by atoms with van der Waals surface area (Å²) in [7, 11) is 0. The van der Waals surface area contributed by atoms with Gasteiger partial charge in [-0.1, -0.05) is 20.3 Å². The van der Waals surface area contributed by atoms with Gasteiger partial charge in [0.1, 0.15) is 0 Å². The fraction of sp³-hybridized carbons (Fsp3) is 0.438. The lowest BCUT2D eigenvalue weighted by Gasteiger charge is -2.17. The van der Waals surface area contributed by atoms with Gasteiger partial charge in [0.25, 0.3) is 0 Å². The quantitative estimate of drug-likeness (QED) is 0.704. The summed E-state index contributed by atoms with van der Waals surface area (Å²) in [4.78, 5) is 11.4. The molecule has 0 fully saturated rings. The highest BCUT2D eigenvalue weighted by molar-refractivity contribution is 5.98. The van der Waals surface area contributed by atoms with E-state index in [-0.39, 0.29) is 5.78 Å². The Labute approximate surface area is 109 Å². The van der Waals surface area contributed by atoms with Gasteiger partial charge in [-0.3, -0.25) is 4.79 Å². The van der Waals surface area contributed by atoms with Crippen LogP contribution in [0.4, 0.5) is 0 Å². The molecule has 0 saturated carbocycles. The Morgan fingerprint density at radius 2 is 2.06 bits per heavy atom. The lowest BCUT2D eigenvalue weighted by molar-refractivity contribution is 0.101. The van der Waals surface area contributed by atoms with Crippen LogP contribution in [0.15, 0.2) is 30.5 Å². The van der Waals surface area contributed by atoms with Gasteiger partial charge in [-0.2, -0.15) is 0 Å². The summed E-state index contributed by atoms with van der Waals surface area (Å²) in [6.45, 7) is 6.07. The summed E-state index contributed by atoms with van der Waals surface area (Å²) >= 11 is 0. The summed E-state index contributed by atoms with van der Waals surface area (Å²) in [6.07, 6.45) is 5.70. The highest BCUT2D eigenvalue weighted by atomic mass is 16.1. The third-order valence-electron chi connectivity index (χ3n) is 3.61. The minimum Gasteiger partial charge on any atom is -0.344 e. The molecule has 0 aliphatic rings. The maximum Gasteiger partial charge on any atom is 0.159 e. The number of hydrogen-bond donors (Lipinski definition) is 0. The highest BCUT2D eigenvalue weighted by Gasteiger charge is 2.11. The molecule has 1 aromatic carbocycles. The molecular weight excluding hydrogens is 222 g/mol. The first-order valence-electron chi connectivity index (χ1n) is 6.78. The molecule has 2 heteroatoms. The number of hydrogen-bond acceptors (Lipinski definition) is 1. The fourth-order valence-electron chi connectivity index (χ4n) is 2.57. The van der Waals surface area contributed by atoms with Crippen LogP contribution in [0, 0.1) is 0 Å². The lowest BCUT2D eigenvalue weighted by atomic mass is 10.1. The maximum absolute atomic E-state index is 11.4. The van der Waals surface area contributed by atoms with Crippen LogP contribution in [-0.2, 0) is 0 Å². The summed E-state index contributed by atoms with van der Waals surface area (Å²) in [5.41, 5.74) is 2.03. The number of aromatic nitrogens is 1. The van der Waals surface area contributed by atoms with Crippen molar-refractivity contribution in [1.82, 2.24) is 4.57 Å². The van der Waals surface area contributed by atoms with Crippen molar-refractivity contribution in [3.63, 3.8) is 0 Å². The number of Topliss-reactive ketones (excluding diaryl/α,β-unsaturated/α-hetero) is 1. The molecule has 1 heterocycles. The molecule has 2 rings (SSSR count). The van der Waals surface area contributed by atoms with E-state index in [2.05, 4.69) is 36.7 Å². The first-order valence-corrected chi connectivity index (χ1v) is 6.78. The van der Waals surface area contributed by atoms with Crippen molar-refractivity contribution in [3.8, 4) is 0 Å². The first kappa shape index (κ1) is 12.9. The zero-order valence-corrected chi connectivity index (χ0v) is 11.4. The van der Waals surface area contributed by atoms with Crippen molar-refractivity contribution in [3.05, 3.63) is 36.0 Å². The second-order valence-electron chi connectivity index (χ2n) is 4.90. The van der Waals surface area contributed by atoms with Crippen LogP contribution in [0.1, 0.15) is 56.4 Å². The van der Waals surface area contributed by atoms with Crippen LogP contribution in [0.3, 0.4) is 0 Å². The number of benzene rings is 1. The SMILES string of the molecule is CCCC(CC)n1ccc2cc(C(C)=O)ccc21. The molecule has 0 aliphatic carbocycles. The molecule has 0 radical (unpaired) electrons. The zero-order valence-electron chi connectivity index (χ0n) is 11.4. The van der Waals surface area contributed by atoms with Gasteiger partial charge in [-0.05, 0) is 44.0 Å². The van der Waals surface area contributed by atoms with Crippen LogP contribution < -0.4 is 0 Å². The van der Waals surface area contributed by atoms with Gasteiger partial charge < -0.3 is 4.57 Å². The van der Waals surface area contributed by atoms with E-state index in [0.717, 1.165) is 17.4 Å². The number of ketones is 1. The molecular formula is C16H21NO. The summed E-state index contributed by atoms with van der Waals surface area (Å²) in [5.74, 6) is 0.130. The van der Waals surface area contributed by atoms with Gasteiger partial charge >= 0.3 is 0 Å². The van der Waals surface area contributed by atoms with Crippen molar-refractivity contribution in [2.45, 2.75) is 46.1 Å². The highest BCUT2D eigenvalue weighted by Crippen LogP contribution is 2.26. The van der Waals surface area contributed by atoms with Crippen LogP contribution in [0.25, 0.3) is 10.9 Å². The predicted octanol–water partition coefficient (Wildman–Crippen LogP) is 4.60. The molecule has 0 spiro atoms. The topological polar surface area (TPSA) is 22.0 Å². The van der Waals surface area contributed by atoms with Crippen LogP contribution in [-0.4, -0.2) is 10.4 Å². The third kappa shape index (κ3) is 2.33. The number of rotatable bonds is 5. The van der Waals surface area contributed by atoms with E-state index in [4.69, 9.17) is 0 Å². The zero-order chi connectivity index (χ0) is 13.1. The molecule has 0 amide bonds. The maximum atomic E-state index is 11.4. The smallest absolute Gasteiger partial charge is 0.159 e. The van der Waals surface area contributed by atoms with E-state index >= 15 is 0 Å². The van der Waals surface area contributed by atoms with Crippen LogP contribution in [0.5, 0.6) is 0 Å². The molecule has 0 aliphatic heterocycles. The van der Waals surface area contributed by atoms with Crippen LogP contribution >= 0.6 is 0 Å². The van der Waals surface area contributed by atoms with Gasteiger partial charge in [-0.15, -0.1) is 0 Å². The molecule has 0 bridgehead atoms. The summed E-state index contributed by atoms with van der Waals surface area (Å²) in [5, 5.41) is 1.16. The normalized spacial score (nSPS) is 12.8. The Bertz CT molecular complexity index is 553. The van der Waals surface area contributed by atoms with Gasteiger partial charge in [0.15, 0.2) is 5.78 Å². The molecule has 0 N–H and O–H groups in total. The minimum atomic E-state index is 0.130. The Morgan fingerprint density at radius 3 is 2.67 bits per heavy atom. The molecule has 1 aromatic heterocycles. The Balaban J connectivity index is 2.45. The Hall–Kier alpha value is -1.57. The molecule has 2 nitrogen and oxygen atoms in total. The van der Waals surface area contributed by atoms with Crippen molar-refractivity contribution in [2.75, 3.05) is 0 Å². The van der Waals surface area contributed by atoms with E-state index in [0.29, 0.717) is 6.04 Å². The fourth-order valence-corrected chi connectivity index (χ4v) is 2.57. The first-order chi connectivity index (χ1) is 8.67. The Morgan fingerprint density at radius 1 is 1.28 bits per heavy atom. The van der Waals surface area contributed by atoms with Gasteiger partial charge in [0.2, 0.25) is 0 Å². The number of carbonyl (C=O) groups excluding carboxylic acids is 1. The number of carbonyl (C=O) groups is 1. The van der Waals surface area contributed by atoms with Gasteiger partial charge in [-0.25, -0.2) is 0 Å². The van der Waals surface area contributed by atoms with E-state index in [9.17, 15) is 4.79 Å². The summed E-state index contributed by atoms with van der Waals surface area (Å²) in [6, 6.07) is 8.67. The van der Waals surface area contributed by atoms with Crippen LogP contribution in [0.2, 0.25) is 0 Å². The number of fused-ring (bicyclic) bond motifs is 1. The molecule has 1 unspecified atom stereocenters. The van der Waals surface area contributed by atoms with Crippen molar-refractivity contribution >= 4 is 16.7 Å². The molecule has 1 atom stereocenters. The second kappa shape index (κ2) is 5.38. The molecule has 18 heavy (non-hydrogen) atoms. The minimum absolute atomic E-state index is 0.130. The van der Waals surface area contributed by atoms with Crippen molar-refractivity contribution < 1.29 is 4.79 Å². The monoisotopic (exact) mass is 243 g/mol. The van der Waals surface area contributed by atoms with Gasteiger partial charge in [0, 0.05) is 28.7 Å². The average Bonchev–Trinajstić information content (AvgIpc) is 2.78. The van der Waals surface area contributed by atoms with E-state index in [1.807, 2.05) is 12.1 Å². The Kier molecular flexibility index (Phi) is 3.85. The van der Waals surface area contributed by atoms with Gasteiger partial charge in [0.05, 0.1) is 0 Å². The average molecular weight is 243 g/mol. The number of nitrogens with zero attached hydrogens (tertiary/aromatic N) is 1.